The number of hydrogen-bond donors (Lipinski definition) is 0. The molecule has 5 heteroatoms. The Labute approximate surface area is 126 Å². The van der Waals surface area contributed by atoms with Crippen LogP contribution in [-0.4, -0.2) is 9.55 Å². The average molecular weight is 307 g/mol. The van der Waals surface area contributed by atoms with Gasteiger partial charge >= 0.3 is 0 Å². The van der Waals surface area contributed by atoms with Crippen molar-refractivity contribution in [2.24, 2.45) is 0 Å². The van der Waals surface area contributed by atoms with Crippen molar-refractivity contribution in [2.45, 2.75) is 19.2 Å². The van der Waals surface area contributed by atoms with E-state index in [1.807, 2.05) is 0 Å². The molecule has 0 aliphatic heterocycles. The predicted octanol–water partition coefficient (Wildman–Crippen LogP) is 4.91. The van der Waals surface area contributed by atoms with Crippen molar-refractivity contribution in [1.82, 2.24) is 9.55 Å². The van der Waals surface area contributed by atoms with Crippen LogP contribution in [0.4, 0.5) is 8.78 Å². The van der Waals surface area contributed by atoms with E-state index in [9.17, 15) is 8.78 Å². The minimum atomic E-state index is -0.384. The highest BCUT2D eigenvalue weighted by atomic mass is 35.5. The zero-order valence-corrected chi connectivity index (χ0v) is 12.3. The van der Waals surface area contributed by atoms with E-state index in [1.165, 1.54) is 18.2 Å². The molecular weight excluding hydrogens is 294 g/mol. The molecule has 0 aliphatic rings. The molecule has 2 aromatic carbocycles. The minimum Gasteiger partial charge on any atom is -0.295 e. The number of rotatable bonds is 2. The monoisotopic (exact) mass is 306 g/mol. The molecule has 0 fully saturated rings. The van der Waals surface area contributed by atoms with Gasteiger partial charge in [-0.3, -0.25) is 4.57 Å². The van der Waals surface area contributed by atoms with E-state index in [4.69, 9.17) is 11.6 Å². The molecule has 0 amide bonds. The lowest BCUT2D eigenvalue weighted by Crippen LogP contribution is -2.02. The second-order valence-electron chi connectivity index (χ2n) is 4.99. The first-order chi connectivity index (χ1) is 9.97. The lowest BCUT2D eigenvalue weighted by molar-refractivity contribution is 0.617. The lowest BCUT2D eigenvalue weighted by atomic mass is 10.2. The summed E-state index contributed by atoms with van der Waals surface area (Å²) in [6.45, 7) is 3.48. The van der Waals surface area contributed by atoms with E-state index in [1.54, 1.807) is 36.6 Å². The number of nitrogens with zero attached hydrogens (tertiary/aromatic N) is 2. The maximum absolute atomic E-state index is 13.8. The highest BCUT2D eigenvalue weighted by molar-refractivity contribution is 6.20. The smallest absolute Gasteiger partial charge is 0.132 e. The van der Waals surface area contributed by atoms with Crippen LogP contribution in [-0.2, 0) is 0 Å². The maximum Gasteiger partial charge on any atom is 0.132 e. The summed E-state index contributed by atoms with van der Waals surface area (Å²) in [5.41, 5.74) is 2.38. The number of imidazole rings is 1. The van der Waals surface area contributed by atoms with E-state index >= 15 is 0 Å². The zero-order chi connectivity index (χ0) is 15.1. The Morgan fingerprint density at radius 3 is 2.57 bits per heavy atom. The van der Waals surface area contributed by atoms with Crippen LogP contribution in [0, 0.1) is 18.6 Å². The molecule has 21 heavy (non-hydrogen) atoms. The highest BCUT2D eigenvalue weighted by Crippen LogP contribution is 2.29. The number of alkyl halides is 1. The molecule has 0 saturated carbocycles. The maximum atomic E-state index is 13.8. The summed E-state index contributed by atoms with van der Waals surface area (Å²) >= 11 is 6.17. The van der Waals surface area contributed by atoms with Crippen molar-refractivity contribution in [3.63, 3.8) is 0 Å². The van der Waals surface area contributed by atoms with Gasteiger partial charge in [0.1, 0.15) is 17.5 Å². The van der Waals surface area contributed by atoms with Gasteiger partial charge in [0, 0.05) is 6.07 Å². The summed E-state index contributed by atoms with van der Waals surface area (Å²) in [4.78, 5) is 4.37. The van der Waals surface area contributed by atoms with Gasteiger partial charge in [-0.1, -0.05) is 6.07 Å². The van der Waals surface area contributed by atoms with Crippen molar-refractivity contribution in [3.8, 4) is 5.69 Å². The van der Waals surface area contributed by atoms with Crippen LogP contribution in [0.5, 0.6) is 0 Å². The summed E-state index contributed by atoms with van der Waals surface area (Å²) in [5.74, 6) is -0.110. The summed E-state index contributed by atoms with van der Waals surface area (Å²) in [5, 5.41) is -0.384. The van der Waals surface area contributed by atoms with Crippen LogP contribution in [0.3, 0.4) is 0 Å². The van der Waals surface area contributed by atoms with E-state index in [-0.39, 0.29) is 17.0 Å². The molecule has 1 atom stereocenters. The fourth-order valence-corrected chi connectivity index (χ4v) is 2.48. The fraction of sp³-hybridized carbons (Fsp3) is 0.188. The molecule has 2 nitrogen and oxygen atoms in total. The molecule has 1 heterocycles. The summed E-state index contributed by atoms with van der Waals surface area (Å²) in [6.07, 6.45) is 0. The first-order valence-corrected chi connectivity index (χ1v) is 6.99. The third kappa shape index (κ3) is 2.40. The number of aromatic nitrogens is 2. The third-order valence-electron chi connectivity index (χ3n) is 3.41. The van der Waals surface area contributed by atoms with Crippen molar-refractivity contribution >= 4 is 22.6 Å². The van der Waals surface area contributed by atoms with E-state index in [2.05, 4.69) is 4.98 Å². The summed E-state index contributed by atoms with van der Waals surface area (Å²) in [7, 11) is 0. The number of aryl methyl sites for hydroxylation is 1. The molecule has 0 saturated heterocycles. The Morgan fingerprint density at radius 2 is 1.90 bits per heavy atom. The van der Waals surface area contributed by atoms with Gasteiger partial charge in [0.05, 0.1) is 22.1 Å². The van der Waals surface area contributed by atoms with Gasteiger partial charge < -0.3 is 0 Å². The second kappa shape index (κ2) is 5.11. The summed E-state index contributed by atoms with van der Waals surface area (Å²) < 4.78 is 29.0. The number of fused-ring (bicyclic) bond motifs is 1. The lowest BCUT2D eigenvalue weighted by Gasteiger charge is -2.11. The molecule has 0 spiro atoms. The standard InChI is InChI=1S/C16H13ClF2N2/c1-9-3-5-12(8-13(9)19)21-15-6-4-11(18)7-14(15)20-16(21)10(2)17/h3-8,10H,1-2H3. The molecule has 0 bridgehead atoms. The topological polar surface area (TPSA) is 17.8 Å². The molecule has 3 aromatic rings. The first kappa shape index (κ1) is 14.0. The van der Waals surface area contributed by atoms with Crippen molar-refractivity contribution in [3.05, 3.63) is 59.4 Å². The first-order valence-electron chi connectivity index (χ1n) is 6.56. The average Bonchev–Trinajstić information content (AvgIpc) is 2.80. The van der Waals surface area contributed by atoms with Crippen molar-refractivity contribution in [1.29, 1.82) is 0 Å². The quantitative estimate of drug-likeness (QED) is 0.615. The molecule has 0 aliphatic carbocycles. The Morgan fingerprint density at radius 1 is 1.14 bits per heavy atom. The van der Waals surface area contributed by atoms with Gasteiger partial charge in [-0.2, -0.15) is 0 Å². The van der Waals surface area contributed by atoms with E-state index < -0.39 is 0 Å². The Bertz CT molecular complexity index is 825. The van der Waals surface area contributed by atoms with Gasteiger partial charge in [0.15, 0.2) is 0 Å². The highest BCUT2D eigenvalue weighted by Gasteiger charge is 2.17. The van der Waals surface area contributed by atoms with E-state index in [0.717, 1.165) is 0 Å². The zero-order valence-electron chi connectivity index (χ0n) is 11.6. The Balaban J connectivity index is 2.33. The molecule has 0 N–H and O–H groups in total. The number of hydrogen-bond acceptors (Lipinski definition) is 1. The van der Waals surface area contributed by atoms with Crippen LogP contribution in [0.2, 0.25) is 0 Å². The van der Waals surface area contributed by atoms with Gasteiger partial charge in [-0.25, -0.2) is 13.8 Å². The second-order valence-corrected chi connectivity index (χ2v) is 5.64. The van der Waals surface area contributed by atoms with Gasteiger partial charge in [-0.05, 0) is 43.7 Å². The molecule has 108 valence electrons. The molecule has 0 radical (unpaired) electrons. The molecular formula is C16H13ClF2N2. The Kier molecular flexibility index (Phi) is 3.41. The molecule has 1 aromatic heterocycles. The van der Waals surface area contributed by atoms with Crippen LogP contribution >= 0.6 is 11.6 Å². The molecule has 1 unspecified atom stereocenters. The van der Waals surface area contributed by atoms with Crippen molar-refractivity contribution < 1.29 is 8.78 Å². The summed E-state index contributed by atoms with van der Waals surface area (Å²) in [6, 6.07) is 9.25. The van der Waals surface area contributed by atoms with Gasteiger partial charge in [-0.15, -0.1) is 11.6 Å². The van der Waals surface area contributed by atoms with Crippen LogP contribution in [0.1, 0.15) is 23.7 Å². The van der Waals surface area contributed by atoms with Crippen LogP contribution in [0.25, 0.3) is 16.7 Å². The largest absolute Gasteiger partial charge is 0.295 e. The number of halogens is 3. The van der Waals surface area contributed by atoms with Crippen molar-refractivity contribution in [2.75, 3.05) is 0 Å². The third-order valence-corrected chi connectivity index (χ3v) is 3.61. The predicted molar refractivity (Wildman–Crippen MR) is 80.0 cm³/mol. The normalized spacial score (nSPS) is 12.8. The molecule has 3 rings (SSSR count). The number of benzene rings is 2. The minimum absolute atomic E-state index is 0.301. The van der Waals surface area contributed by atoms with Crippen LogP contribution in [0.15, 0.2) is 36.4 Å². The van der Waals surface area contributed by atoms with Crippen LogP contribution < -0.4 is 0 Å². The Hall–Kier alpha value is -1.94. The van der Waals surface area contributed by atoms with E-state index in [0.29, 0.717) is 28.1 Å². The van der Waals surface area contributed by atoms with Gasteiger partial charge in [0.2, 0.25) is 0 Å². The fourth-order valence-electron chi connectivity index (χ4n) is 2.33. The van der Waals surface area contributed by atoms with Gasteiger partial charge in [0.25, 0.3) is 0 Å². The SMILES string of the molecule is Cc1ccc(-n2c(C(C)Cl)nc3cc(F)ccc32)cc1F.